The van der Waals surface area contributed by atoms with Gasteiger partial charge in [0.25, 0.3) is 15.7 Å². The van der Waals surface area contributed by atoms with Crippen LogP contribution in [0.2, 0.25) is 0 Å². The first kappa shape index (κ1) is 22.6. The summed E-state index contributed by atoms with van der Waals surface area (Å²) in [4.78, 5) is 9.99. The molecular weight excluding hydrogens is 398 g/mol. The molecule has 2 aromatic rings. The molecule has 3 N–H and O–H groups in total. The number of aliphatic hydroxyl groups excluding tert-OH is 1. The number of nitrogens with one attached hydrogen (secondary N) is 2. The molecule has 0 fully saturated rings. The van der Waals surface area contributed by atoms with Crippen molar-refractivity contribution in [3.8, 4) is 5.75 Å². The van der Waals surface area contributed by atoms with Gasteiger partial charge in [-0.1, -0.05) is 0 Å². The van der Waals surface area contributed by atoms with Crippen molar-refractivity contribution in [2.45, 2.75) is 37.3 Å². The molecule has 0 heterocycles. The fraction of sp³-hybridized carbons (Fsp3) is 0.368. The van der Waals surface area contributed by atoms with Gasteiger partial charge >= 0.3 is 0 Å². The van der Waals surface area contributed by atoms with Crippen molar-refractivity contribution < 1.29 is 23.2 Å². The first-order valence-electron chi connectivity index (χ1n) is 8.89. The summed E-state index contributed by atoms with van der Waals surface area (Å²) in [5.74, 6) is 0.484. The third-order valence-electron chi connectivity index (χ3n) is 3.77. The lowest BCUT2D eigenvalue weighted by molar-refractivity contribution is -0.384. The van der Waals surface area contributed by atoms with Gasteiger partial charge < -0.3 is 15.2 Å². The molecule has 158 valence electrons. The highest BCUT2D eigenvalue weighted by atomic mass is 32.2. The number of nitrogens with zero attached hydrogens (tertiary/aromatic N) is 1. The Hall–Kier alpha value is -2.69. The molecule has 0 bridgehead atoms. The van der Waals surface area contributed by atoms with E-state index in [0.29, 0.717) is 18.0 Å². The van der Waals surface area contributed by atoms with E-state index in [4.69, 9.17) is 4.74 Å². The summed E-state index contributed by atoms with van der Waals surface area (Å²) in [6, 6.07) is 10.8. The smallest absolute Gasteiger partial charge is 0.269 e. The number of ether oxygens (including phenoxy) is 1. The highest BCUT2D eigenvalue weighted by molar-refractivity contribution is 7.92. The second-order valence-corrected chi connectivity index (χ2v) is 9.16. The van der Waals surface area contributed by atoms with E-state index in [0.717, 1.165) is 12.1 Å². The topological polar surface area (TPSA) is 131 Å². The summed E-state index contributed by atoms with van der Waals surface area (Å²) >= 11 is 0. The standard InChI is InChI=1S/C19H25N3O6S/c1-19(2,3)20-12-16(23)13-28-17-8-4-14(5-9-17)21-29(26,27)18-10-6-15(7-11-18)22(24)25/h4-11,16,20-21,23H,12-13H2,1-3H3. The van der Waals surface area contributed by atoms with E-state index in [1.807, 2.05) is 20.8 Å². The normalized spacial score (nSPS) is 13.0. The van der Waals surface area contributed by atoms with Gasteiger partial charge in [-0.25, -0.2) is 8.42 Å². The summed E-state index contributed by atoms with van der Waals surface area (Å²) < 4.78 is 32.7. The number of non-ortho nitro benzene ring substituents is 1. The van der Waals surface area contributed by atoms with Crippen LogP contribution in [0.4, 0.5) is 11.4 Å². The number of hydrogen-bond acceptors (Lipinski definition) is 7. The van der Waals surface area contributed by atoms with Gasteiger partial charge in [-0.3, -0.25) is 14.8 Å². The van der Waals surface area contributed by atoms with Crippen LogP contribution in [0, 0.1) is 10.1 Å². The number of sulfonamides is 1. The molecule has 0 spiro atoms. The second-order valence-electron chi connectivity index (χ2n) is 7.48. The highest BCUT2D eigenvalue weighted by Gasteiger charge is 2.16. The largest absolute Gasteiger partial charge is 0.491 e. The molecule has 0 amide bonds. The van der Waals surface area contributed by atoms with Crippen LogP contribution in [-0.4, -0.2) is 43.2 Å². The number of nitro benzene ring substituents is 1. The van der Waals surface area contributed by atoms with Gasteiger partial charge in [0.2, 0.25) is 0 Å². The Balaban J connectivity index is 1.93. The molecule has 10 heteroatoms. The summed E-state index contributed by atoms with van der Waals surface area (Å²) in [6.45, 7) is 6.47. The Morgan fingerprint density at radius 1 is 1.10 bits per heavy atom. The first-order valence-corrected chi connectivity index (χ1v) is 10.4. The minimum Gasteiger partial charge on any atom is -0.491 e. The molecule has 0 saturated heterocycles. The van der Waals surface area contributed by atoms with Crippen LogP contribution < -0.4 is 14.8 Å². The molecule has 2 rings (SSSR count). The molecular formula is C19H25N3O6S. The van der Waals surface area contributed by atoms with E-state index >= 15 is 0 Å². The van der Waals surface area contributed by atoms with E-state index in [1.54, 1.807) is 12.1 Å². The van der Waals surface area contributed by atoms with Crippen molar-refractivity contribution in [3.63, 3.8) is 0 Å². The van der Waals surface area contributed by atoms with Crippen molar-refractivity contribution in [1.29, 1.82) is 0 Å². The molecule has 0 aliphatic carbocycles. The van der Waals surface area contributed by atoms with E-state index < -0.39 is 21.1 Å². The minimum absolute atomic E-state index is 0.0853. The molecule has 29 heavy (non-hydrogen) atoms. The van der Waals surface area contributed by atoms with Gasteiger partial charge in [0.1, 0.15) is 18.5 Å². The monoisotopic (exact) mass is 423 g/mol. The number of benzene rings is 2. The van der Waals surface area contributed by atoms with Crippen LogP contribution in [0.25, 0.3) is 0 Å². The van der Waals surface area contributed by atoms with Crippen molar-refractivity contribution in [3.05, 3.63) is 58.6 Å². The predicted molar refractivity (Wildman–Crippen MR) is 110 cm³/mol. The molecule has 0 aliphatic rings. The number of rotatable bonds is 9. The van der Waals surface area contributed by atoms with Gasteiger partial charge in [-0.05, 0) is 57.2 Å². The minimum atomic E-state index is -3.88. The van der Waals surface area contributed by atoms with Gasteiger partial charge in [-0.2, -0.15) is 0 Å². The maximum Gasteiger partial charge on any atom is 0.269 e. The van der Waals surface area contributed by atoms with Crippen molar-refractivity contribution >= 4 is 21.4 Å². The quantitative estimate of drug-likeness (QED) is 0.417. The summed E-state index contributed by atoms with van der Waals surface area (Å²) in [6.07, 6.45) is -0.686. The van der Waals surface area contributed by atoms with Crippen LogP contribution in [0.1, 0.15) is 20.8 Å². The number of aliphatic hydroxyl groups is 1. The van der Waals surface area contributed by atoms with Crippen molar-refractivity contribution in [2.75, 3.05) is 17.9 Å². The summed E-state index contributed by atoms with van der Waals surface area (Å²) in [5.41, 5.74) is 0.0136. The zero-order valence-corrected chi connectivity index (χ0v) is 17.3. The lowest BCUT2D eigenvalue weighted by Gasteiger charge is -2.23. The third-order valence-corrected chi connectivity index (χ3v) is 5.17. The van der Waals surface area contributed by atoms with Crippen LogP contribution >= 0.6 is 0 Å². The van der Waals surface area contributed by atoms with Crippen LogP contribution in [0.3, 0.4) is 0 Å². The van der Waals surface area contributed by atoms with E-state index in [9.17, 15) is 23.6 Å². The van der Waals surface area contributed by atoms with E-state index in [-0.39, 0.29) is 22.7 Å². The van der Waals surface area contributed by atoms with Gasteiger partial charge in [0, 0.05) is 29.9 Å². The molecule has 0 saturated carbocycles. The lowest BCUT2D eigenvalue weighted by atomic mass is 10.1. The van der Waals surface area contributed by atoms with Crippen molar-refractivity contribution in [2.24, 2.45) is 0 Å². The fourth-order valence-electron chi connectivity index (χ4n) is 2.26. The molecule has 2 aromatic carbocycles. The van der Waals surface area contributed by atoms with Gasteiger partial charge in [0.15, 0.2) is 0 Å². The fourth-order valence-corrected chi connectivity index (χ4v) is 3.31. The first-order chi connectivity index (χ1) is 13.5. The Kier molecular flexibility index (Phi) is 7.17. The highest BCUT2D eigenvalue weighted by Crippen LogP contribution is 2.21. The van der Waals surface area contributed by atoms with Crippen LogP contribution in [-0.2, 0) is 10.0 Å². The van der Waals surface area contributed by atoms with Gasteiger partial charge in [0.05, 0.1) is 9.82 Å². The molecule has 1 atom stereocenters. The molecule has 9 nitrogen and oxygen atoms in total. The summed E-state index contributed by atoms with van der Waals surface area (Å²) in [7, 11) is -3.88. The Morgan fingerprint density at radius 2 is 1.69 bits per heavy atom. The molecule has 0 aromatic heterocycles. The zero-order valence-electron chi connectivity index (χ0n) is 16.5. The molecule has 1 unspecified atom stereocenters. The van der Waals surface area contributed by atoms with Crippen LogP contribution in [0.15, 0.2) is 53.4 Å². The number of β-amino-alcohol motifs (C(OH)–C–C–N with tert-alkyl or cyclic N) is 1. The maximum absolute atomic E-state index is 12.4. The average molecular weight is 423 g/mol. The Morgan fingerprint density at radius 3 is 2.21 bits per heavy atom. The third kappa shape index (κ3) is 7.33. The average Bonchev–Trinajstić information content (AvgIpc) is 2.65. The SMILES string of the molecule is CC(C)(C)NCC(O)COc1ccc(NS(=O)(=O)c2ccc([N+](=O)[O-])cc2)cc1. The van der Waals surface area contributed by atoms with E-state index in [1.165, 1.54) is 24.3 Å². The van der Waals surface area contributed by atoms with Crippen molar-refractivity contribution in [1.82, 2.24) is 5.32 Å². The Labute approximate surface area is 169 Å². The van der Waals surface area contributed by atoms with E-state index in [2.05, 4.69) is 10.0 Å². The second kappa shape index (κ2) is 9.21. The number of hydrogen-bond donors (Lipinski definition) is 3. The zero-order chi connectivity index (χ0) is 21.7. The molecule has 0 aliphatic heterocycles. The number of nitro groups is 1. The lowest BCUT2D eigenvalue weighted by Crippen LogP contribution is -2.42. The van der Waals surface area contributed by atoms with Gasteiger partial charge in [-0.15, -0.1) is 0 Å². The van der Waals surface area contributed by atoms with Crippen LogP contribution in [0.5, 0.6) is 5.75 Å². The molecule has 0 radical (unpaired) electrons. The Bertz CT molecular complexity index is 922. The predicted octanol–water partition coefficient (Wildman–Crippen LogP) is 2.52. The maximum atomic E-state index is 12.4. The number of anilines is 1. The summed E-state index contributed by atoms with van der Waals surface area (Å²) in [5, 5.41) is 23.8.